The minimum atomic E-state index is -1.45. The van der Waals surface area contributed by atoms with Crippen LogP contribution in [0, 0.1) is 32.6 Å². The third kappa shape index (κ3) is 5.98. The molecule has 0 fully saturated rings. The summed E-state index contributed by atoms with van der Waals surface area (Å²) in [4.78, 5) is 39.0. The number of rotatable bonds is 7. The second-order valence-electron chi connectivity index (χ2n) is 11.5. The summed E-state index contributed by atoms with van der Waals surface area (Å²) >= 11 is 0. The fourth-order valence-electron chi connectivity index (χ4n) is 6.60. The molecule has 0 saturated carbocycles. The zero-order chi connectivity index (χ0) is 32.0. The van der Waals surface area contributed by atoms with Crippen molar-refractivity contribution in [3.8, 4) is 0 Å². The van der Waals surface area contributed by atoms with E-state index in [1.165, 1.54) is 0 Å². The van der Waals surface area contributed by atoms with E-state index in [1.54, 1.807) is 13.0 Å². The van der Waals surface area contributed by atoms with Crippen LogP contribution in [0.2, 0.25) is 0 Å². The first-order valence-electron chi connectivity index (χ1n) is 14.7. The van der Waals surface area contributed by atoms with Gasteiger partial charge in [-0.2, -0.15) is 5.95 Å². The van der Waals surface area contributed by atoms with Gasteiger partial charge in [0.15, 0.2) is 0 Å². The van der Waals surface area contributed by atoms with Gasteiger partial charge in [-0.15, -0.1) is 0 Å². The number of hydrogen-bond acceptors (Lipinski definition) is 5. The van der Waals surface area contributed by atoms with Crippen LogP contribution in [0.4, 0.5) is 0 Å². The topological polar surface area (TPSA) is 180 Å². The van der Waals surface area contributed by atoms with E-state index in [9.17, 15) is 30.0 Å². The first kappa shape index (κ1) is 33.4. The fraction of sp³-hybridized carbons (Fsp3) is 0.324. The Hall–Kier alpha value is -4.47. The zero-order valence-electron chi connectivity index (χ0n) is 25.8. The number of carboxylic acids is 2. The van der Waals surface area contributed by atoms with Crippen LogP contribution in [-0.4, -0.2) is 42.8 Å². The molecule has 0 amide bonds. The Morgan fingerprint density at radius 1 is 0.956 bits per heavy atom. The van der Waals surface area contributed by atoms with Crippen LogP contribution < -0.4 is 31.5 Å². The molecular weight excluding hydrogens is 624 g/mol. The van der Waals surface area contributed by atoms with Crippen molar-refractivity contribution < 1.29 is 47.1 Å². The summed E-state index contributed by atoms with van der Waals surface area (Å²) in [6.07, 6.45) is 7.80. The van der Waals surface area contributed by atoms with Crippen LogP contribution in [0.25, 0.3) is 35.8 Å². The maximum atomic E-state index is 12.6. The third-order valence-electron chi connectivity index (χ3n) is 9.02. The van der Waals surface area contributed by atoms with Gasteiger partial charge in [0, 0.05) is 68.2 Å². The molecule has 0 saturated heterocycles. The first-order chi connectivity index (χ1) is 20.9. The van der Waals surface area contributed by atoms with Crippen LogP contribution in [0.15, 0.2) is 17.3 Å². The molecule has 2 aliphatic heterocycles. The number of aliphatic carboxylic acids is 2. The summed E-state index contributed by atoms with van der Waals surface area (Å²) in [5, 5.41) is 46.3. The van der Waals surface area contributed by atoms with Gasteiger partial charge in [0.25, 0.3) is 0 Å². The van der Waals surface area contributed by atoms with E-state index < -0.39 is 30.2 Å². The minimum Gasteiger partial charge on any atom is -0.883 e. The van der Waals surface area contributed by atoms with Crippen molar-refractivity contribution in [1.29, 1.82) is 0 Å². The van der Waals surface area contributed by atoms with Gasteiger partial charge in [-0.05, 0) is 79.3 Å². The second-order valence-corrected chi connectivity index (χ2v) is 11.5. The largest absolute Gasteiger partial charge is 2.00 e. The van der Waals surface area contributed by atoms with Gasteiger partial charge in [0.1, 0.15) is 0 Å². The van der Waals surface area contributed by atoms with E-state index in [-0.39, 0.29) is 52.0 Å². The first-order valence-corrected chi connectivity index (χ1v) is 14.7. The number of nitrogens with zero attached hydrogens (tertiary/aromatic N) is 1. The summed E-state index contributed by atoms with van der Waals surface area (Å²) < 4.78 is 0. The van der Waals surface area contributed by atoms with Gasteiger partial charge >= 0.3 is 29.0 Å². The van der Waals surface area contributed by atoms with Gasteiger partial charge in [0.05, 0.1) is 12.1 Å². The monoisotopic (exact) mass is 659 g/mol. The molecule has 3 aromatic heterocycles. The van der Waals surface area contributed by atoms with Crippen molar-refractivity contribution in [2.24, 2.45) is 16.8 Å². The Kier molecular flexibility index (Phi) is 9.56. The number of hydrogen-bond donors (Lipinski definition) is 5. The van der Waals surface area contributed by atoms with Crippen molar-refractivity contribution in [3.05, 3.63) is 78.4 Å². The second kappa shape index (κ2) is 12.9. The van der Waals surface area contributed by atoms with Gasteiger partial charge in [-0.3, -0.25) is 14.6 Å². The fourth-order valence-corrected chi connectivity index (χ4v) is 6.60. The predicted molar refractivity (Wildman–Crippen MR) is 166 cm³/mol. The van der Waals surface area contributed by atoms with Crippen LogP contribution in [0.5, 0.6) is 0 Å². The minimum absolute atomic E-state index is 0. The summed E-state index contributed by atoms with van der Waals surface area (Å²) in [6.45, 7) is 13.7. The Morgan fingerprint density at radius 2 is 1.62 bits per heavy atom. The van der Waals surface area contributed by atoms with E-state index in [2.05, 4.69) is 21.5 Å². The van der Waals surface area contributed by atoms with E-state index in [0.717, 1.165) is 44.3 Å². The van der Waals surface area contributed by atoms with Crippen LogP contribution in [-0.2, 0) is 33.1 Å². The number of carbonyl (C=O) groups is 2. The standard InChI is InChI=1S/C34H38N4O6.Cu/c1-7-19-15(3)23-12-25-17(5)21(9-10-29(39)40)32(37-25)22(11-30(41)42)33-31(34(43)44)18(6)26(38-33)14-28-20(8-2)16(4)24(36-28)13-27(19)35-23;/h7,12-14,17,21,35-36,38,43-44H,1,8-11H2,2-6H3,(H,39,40)(H,41,42);/q;+2/p-2/b24-13-,25-12-,28-14-,33-22-;/t17-,21-;/m0./s1. The molecule has 0 aliphatic carbocycles. The average Bonchev–Trinajstić information content (AvgIpc) is 3.63. The van der Waals surface area contributed by atoms with Crippen molar-refractivity contribution in [3.63, 3.8) is 0 Å². The summed E-state index contributed by atoms with van der Waals surface area (Å²) in [5.41, 5.74) is 7.70. The number of aromatic amines is 3. The van der Waals surface area contributed by atoms with Crippen LogP contribution in [0.3, 0.4) is 0 Å². The van der Waals surface area contributed by atoms with Gasteiger partial charge in [-0.25, -0.2) is 0 Å². The molecule has 0 unspecified atom stereocenters. The van der Waals surface area contributed by atoms with E-state index in [1.807, 2.05) is 45.9 Å². The van der Waals surface area contributed by atoms with Gasteiger partial charge in [0.2, 0.25) is 0 Å². The molecule has 8 bridgehead atoms. The quantitative estimate of drug-likeness (QED) is 0.234. The SMILES string of the molecule is C=Cc1c2[nH]c(c1C)/C=C1N=C(/C(CC(=O)O)=c3\[nH]c(c(C)c3=C([O-])[O-])/C=c3\[nH]/c(c(C)c3CC)=C\2)[C@@H](CCC(=O)O)[C@@H]\1C.[Cu+2]. The number of H-pyrrole nitrogens is 3. The van der Waals surface area contributed by atoms with E-state index >= 15 is 0 Å². The molecule has 11 heteroatoms. The average molecular weight is 660 g/mol. The molecule has 0 spiro atoms. The summed E-state index contributed by atoms with van der Waals surface area (Å²) in [7, 11) is 0. The Balaban J connectivity index is 0.00000461. The molecule has 0 aromatic carbocycles. The zero-order valence-corrected chi connectivity index (χ0v) is 26.7. The molecule has 239 valence electrons. The van der Waals surface area contributed by atoms with Gasteiger partial charge < -0.3 is 35.4 Å². The third-order valence-corrected chi connectivity index (χ3v) is 9.02. The predicted octanol–water partition coefficient (Wildman–Crippen LogP) is 0.795. The van der Waals surface area contributed by atoms with Crippen molar-refractivity contribution in [2.45, 2.75) is 60.3 Å². The molecule has 2 aliphatic rings. The molecule has 1 radical (unpaired) electrons. The van der Waals surface area contributed by atoms with Crippen molar-refractivity contribution >= 4 is 53.5 Å². The smallest absolute Gasteiger partial charge is 0.883 e. The molecule has 10 nitrogen and oxygen atoms in total. The van der Waals surface area contributed by atoms with Crippen molar-refractivity contribution in [2.75, 3.05) is 0 Å². The van der Waals surface area contributed by atoms with Crippen molar-refractivity contribution in [1.82, 2.24) is 15.0 Å². The molecule has 5 heterocycles. The summed E-state index contributed by atoms with van der Waals surface area (Å²) in [5.74, 6) is -4.35. The van der Waals surface area contributed by atoms with Gasteiger partial charge in [-0.1, -0.05) is 26.5 Å². The molecular formula is C34H36CuN4O6. The number of carboxylic acid groups (broad SMARTS) is 2. The number of aliphatic imine (C=N–C) groups is 1. The normalized spacial score (nSPS) is 20.9. The molecule has 5 N–H and O–H groups in total. The molecule has 2 atom stereocenters. The Labute approximate surface area is 270 Å². The number of nitrogens with one attached hydrogen (secondary N) is 3. The Bertz CT molecular complexity index is 2030. The molecule has 5 rings (SSSR count). The Morgan fingerprint density at radius 3 is 2.22 bits per heavy atom. The molecule has 3 aromatic rings. The maximum absolute atomic E-state index is 12.6. The number of fused-ring (bicyclic) bond motifs is 7. The van der Waals surface area contributed by atoms with Crippen LogP contribution >= 0.6 is 0 Å². The maximum Gasteiger partial charge on any atom is 2.00 e. The number of aromatic nitrogens is 3. The number of allylic oxidation sites excluding steroid dienone is 1. The van der Waals surface area contributed by atoms with Crippen LogP contribution in [0.1, 0.15) is 78.0 Å². The summed E-state index contributed by atoms with van der Waals surface area (Å²) in [6, 6.07) is 0. The van der Waals surface area contributed by atoms with E-state index in [4.69, 9.17) is 4.99 Å². The van der Waals surface area contributed by atoms with E-state index in [0.29, 0.717) is 29.1 Å². The molecule has 45 heavy (non-hydrogen) atoms.